The zero-order valence-electron chi connectivity index (χ0n) is 10.7. The lowest BCUT2D eigenvalue weighted by Gasteiger charge is -2.11. The molecule has 1 aromatic carbocycles. The summed E-state index contributed by atoms with van der Waals surface area (Å²) in [5, 5.41) is 9.40. The summed E-state index contributed by atoms with van der Waals surface area (Å²) in [5.74, 6) is -1.30. The fourth-order valence-electron chi connectivity index (χ4n) is 1.41. The van der Waals surface area contributed by atoms with Crippen molar-refractivity contribution >= 4 is 11.9 Å². The molecule has 0 spiro atoms. The summed E-state index contributed by atoms with van der Waals surface area (Å²) in [7, 11) is 0. The Labute approximate surface area is 111 Å². The highest BCUT2D eigenvalue weighted by Gasteiger charge is 2.15. The van der Waals surface area contributed by atoms with Crippen molar-refractivity contribution in [2.45, 2.75) is 26.1 Å². The maximum atomic E-state index is 11.7. The molecule has 0 aliphatic carbocycles. The quantitative estimate of drug-likeness (QED) is 0.484. The molecule has 0 aromatic heterocycles. The Morgan fingerprint density at radius 2 is 2.00 bits per heavy atom. The molecule has 0 aliphatic rings. The Morgan fingerprint density at radius 1 is 1.37 bits per heavy atom. The largest absolute Gasteiger partial charge is 0.432 e. The summed E-state index contributed by atoms with van der Waals surface area (Å²) in [4.78, 5) is 23.2. The van der Waals surface area contributed by atoms with Crippen LogP contribution >= 0.6 is 0 Å². The molecule has 5 nitrogen and oxygen atoms in total. The molecule has 0 saturated heterocycles. The van der Waals surface area contributed by atoms with Gasteiger partial charge >= 0.3 is 11.9 Å². The summed E-state index contributed by atoms with van der Waals surface area (Å²) in [6.45, 7) is 5.14. The van der Waals surface area contributed by atoms with Gasteiger partial charge in [-0.1, -0.05) is 26.0 Å². The molecule has 0 fully saturated rings. The minimum Gasteiger partial charge on any atom is -0.432 e. The highest BCUT2D eigenvalue weighted by Crippen LogP contribution is 2.10. The van der Waals surface area contributed by atoms with E-state index in [-0.39, 0.29) is 11.1 Å². The van der Waals surface area contributed by atoms with Crippen molar-refractivity contribution in [2.75, 3.05) is 0 Å². The Balaban J connectivity index is 2.78. The number of hydrogen-bond donors (Lipinski definition) is 1. The first-order valence-electron chi connectivity index (χ1n) is 5.89. The first kappa shape index (κ1) is 14.9. The summed E-state index contributed by atoms with van der Waals surface area (Å²) >= 11 is 0. The lowest BCUT2D eigenvalue weighted by Crippen LogP contribution is -2.17. The second-order valence-corrected chi connectivity index (χ2v) is 3.80. The van der Waals surface area contributed by atoms with Crippen molar-refractivity contribution in [3.05, 3.63) is 48.2 Å². The van der Waals surface area contributed by atoms with Crippen LogP contribution in [0.3, 0.4) is 0 Å². The van der Waals surface area contributed by atoms with E-state index >= 15 is 0 Å². The summed E-state index contributed by atoms with van der Waals surface area (Å²) in [6, 6.07) is 5.87. The van der Waals surface area contributed by atoms with Crippen molar-refractivity contribution in [1.82, 2.24) is 0 Å². The smallest absolute Gasteiger partial charge is 0.342 e. The second-order valence-electron chi connectivity index (χ2n) is 3.80. The van der Waals surface area contributed by atoms with Crippen LogP contribution in [0.5, 0.6) is 0 Å². The number of aliphatic hydroxyl groups is 1. The molecule has 0 radical (unpaired) electrons. The SMILES string of the molecule is C=COC(=O)c1cccc(C(=O)OC(O)CCC)c1. The van der Waals surface area contributed by atoms with Crippen LogP contribution in [0.2, 0.25) is 0 Å². The van der Waals surface area contributed by atoms with Gasteiger partial charge in [-0.2, -0.15) is 0 Å². The third-order valence-corrected chi connectivity index (χ3v) is 2.30. The van der Waals surface area contributed by atoms with Gasteiger partial charge in [0.05, 0.1) is 17.4 Å². The number of rotatable bonds is 6. The molecular formula is C14H16O5. The van der Waals surface area contributed by atoms with E-state index in [9.17, 15) is 14.7 Å². The fourth-order valence-corrected chi connectivity index (χ4v) is 1.41. The van der Waals surface area contributed by atoms with E-state index in [1.165, 1.54) is 24.3 Å². The predicted molar refractivity (Wildman–Crippen MR) is 68.4 cm³/mol. The average Bonchev–Trinajstić information content (AvgIpc) is 2.39. The van der Waals surface area contributed by atoms with Gasteiger partial charge in [0.2, 0.25) is 6.29 Å². The number of esters is 2. The summed E-state index contributed by atoms with van der Waals surface area (Å²) in [5.41, 5.74) is 0.382. The highest BCUT2D eigenvalue weighted by atomic mass is 16.6. The molecule has 0 saturated carbocycles. The Bertz CT molecular complexity index is 467. The minimum atomic E-state index is -1.14. The van der Waals surface area contributed by atoms with E-state index in [0.29, 0.717) is 12.8 Å². The second kappa shape index (κ2) is 7.33. The van der Waals surface area contributed by atoms with Crippen molar-refractivity contribution in [3.63, 3.8) is 0 Å². The van der Waals surface area contributed by atoms with Crippen LogP contribution in [0.1, 0.15) is 40.5 Å². The average molecular weight is 264 g/mol. The van der Waals surface area contributed by atoms with E-state index in [1.807, 2.05) is 6.92 Å². The molecule has 19 heavy (non-hydrogen) atoms. The third kappa shape index (κ3) is 4.56. The van der Waals surface area contributed by atoms with Crippen molar-refractivity contribution in [2.24, 2.45) is 0 Å². The number of carbonyl (C=O) groups is 2. The number of carbonyl (C=O) groups excluding carboxylic acids is 2. The zero-order valence-corrected chi connectivity index (χ0v) is 10.7. The van der Waals surface area contributed by atoms with Gasteiger partial charge in [-0.25, -0.2) is 9.59 Å². The molecule has 1 N–H and O–H groups in total. The summed E-state index contributed by atoms with van der Waals surface area (Å²) in [6.07, 6.45) is 0.934. The molecule has 0 bridgehead atoms. The van der Waals surface area contributed by atoms with Crippen LogP contribution in [-0.4, -0.2) is 23.3 Å². The number of ether oxygens (including phenoxy) is 2. The van der Waals surface area contributed by atoms with Crippen LogP contribution in [0.15, 0.2) is 37.1 Å². The lowest BCUT2D eigenvalue weighted by atomic mass is 10.1. The van der Waals surface area contributed by atoms with Crippen LogP contribution in [0.25, 0.3) is 0 Å². The van der Waals surface area contributed by atoms with E-state index in [0.717, 1.165) is 6.26 Å². The molecule has 1 unspecified atom stereocenters. The minimum absolute atomic E-state index is 0.175. The van der Waals surface area contributed by atoms with Crippen LogP contribution < -0.4 is 0 Å². The predicted octanol–water partition coefficient (Wildman–Crippen LogP) is 2.26. The molecule has 1 rings (SSSR count). The Morgan fingerprint density at radius 3 is 2.58 bits per heavy atom. The first-order valence-corrected chi connectivity index (χ1v) is 5.89. The van der Waals surface area contributed by atoms with Gasteiger partial charge in [-0.15, -0.1) is 0 Å². The van der Waals surface area contributed by atoms with Crippen molar-refractivity contribution in [3.8, 4) is 0 Å². The molecule has 1 aromatic rings. The van der Waals surface area contributed by atoms with Crippen LogP contribution in [-0.2, 0) is 9.47 Å². The van der Waals surface area contributed by atoms with Crippen LogP contribution in [0, 0.1) is 0 Å². The number of hydrogen-bond acceptors (Lipinski definition) is 5. The number of benzene rings is 1. The topological polar surface area (TPSA) is 72.8 Å². The van der Waals surface area contributed by atoms with Gasteiger partial charge in [0.1, 0.15) is 0 Å². The molecule has 0 aliphatic heterocycles. The van der Waals surface area contributed by atoms with E-state index in [4.69, 9.17) is 4.74 Å². The van der Waals surface area contributed by atoms with Gasteiger partial charge < -0.3 is 14.6 Å². The van der Waals surface area contributed by atoms with Gasteiger partial charge in [0.25, 0.3) is 0 Å². The maximum absolute atomic E-state index is 11.7. The molecular weight excluding hydrogens is 248 g/mol. The Hall–Kier alpha value is -2.14. The molecule has 0 amide bonds. The highest BCUT2D eigenvalue weighted by molar-refractivity contribution is 5.95. The van der Waals surface area contributed by atoms with Gasteiger partial charge in [-0.3, -0.25) is 0 Å². The van der Waals surface area contributed by atoms with Gasteiger partial charge in [0, 0.05) is 6.42 Å². The first-order chi connectivity index (χ1) is 9.08. The zero-order chi connectivity index (χ0) is 14.3. The third-order valence-electron chi connectivity index (χ3n) is 2.30. The van der Waals surface area contributed by atoms with E-state index in [1.54, 1.807) is 0 Å². The number of aliphatic hydroxyl groups excluding tert-OH is 1. The van der Waals surface area contributed by atoms with Gasteiger partial charge in [0.15, 0.2) is 0 Å². The van der Waals surface area contributed by atoms with Crippen molar-refractivity contribution < 1.29 is 24.2 Å². The molecule has 102 valence electrons. The van der Waals surface area contributed by atoms with Crippen molar-refractivity contribution in [1.29, 1.82) is 0 Å². The molecule has 5 heteroatoms. The van der Waals surface area contributed by atoms with E-state index in [2.05, 4.69) is 11.3 Å². The monoisotopic (exact) mass is 264 g/mol. The fraction of sp³-hybridized carbons (Fsp3) is 0.286. The molecule has 1 atom stereocenters. The maximum Gasteiger partial charge on any atom is 0.342 e. The van der Waals surface area contributed by atoms with Crippen LogP contribution in [0.4, 0.5) is 0 Å². The normalized spacial score (nSPS) is 11.5. The lowest BCUT2D eigenvalue weighted by molar-refractivity contribution is -0.0685. The van der Waals surface area contributed by atoms with E-state index < -0.39 is 18.2 Å². The van der Waals surface area contributed by atoms with Gasteiger partial charge in [-0.05, 0) is 18.2 Å². The molecule has 0 heterocycles. The summed E-state index contributed by atoms with van der Waals surface area (Å²) < 4.78 is 9.42. The standard InChI is InChI=1S/C14H16O5/c1-3-6-12(15)19-14(17)11-8-5-7-10(9-11)13(16)18-4-2/h4-5,7-9,12,15H,2-3,6H2,1H3. The Kier molecular flexibility index (Phi) is 5.75.